The Labute approximate surface area is 77.6 Å². The maximum atomic E-state index is 8.34. The van der Waals surface area contributed by atoms with Gasteiger partial charge in [0.2, 0.25) is 0 Å². The highest BCUT2D eigenvalue weighted by Crippen LogP contribution is 2.20. The van der Waals surface area contributed by atoms with Gasteiger partial charge in [0.1, 0.15) is 11.7 Å². The van der Waals surface area contributed by atoms with E-state index in [0.717, 1.165) is 4.34 Å². The summed E-state index contributed by atoms with van der Waals surface area (Å²) in [5, 5.41) is 7.89. The molecule has 0 fully saturated rings. The first kappa shape index (κ1) is 8.78. The zero-order valence-electron chi connectivity index (χ0n) is 5.40. The second-order valence-electron chi connectivity index (χ2n) is 1.61. The molecule has 11 heavy (non-hydrogen) atoms. The normalized spacial score (nSPS) is 12.4. The lowest BCUT2D eigenvalue weighted by Gasteiger charge is -1.94. The van der Waals surface area contributed by atoms with Gasteiger partial charge in [0.05, 0.1) is 6.07 Å². The van der Waals surface area contributed by atoms with E-state index in [1.165, 1.54) is 29.6 Å². The molecule has 1 aromatic heterocycles. The quantitative estimate of drug-likeness (QED) is 0.558. The number of alkyl halides is 1. The van der Waals surface area contributed by atoms with Crippen molar-refractivity contribution in [1.29, 1.82) is 5.26 Å². The topological polar surface area (TPSA) is 49.6 Å². The molecule has 1 heterocycles. The summed E-state index contributed by atoms with van der Waals surface area (Å²) in [6, 6.07) is 1.93. The summed E-state index contributed by atoms with van der Waals surface area (Å²) >= 11 is 8.32. The number of aromatic nitrogens is 2. The highest BCUT2D eigenvalue weighted by atomic mass is 35.5. The molecule has 0 aliphatic heterocycles. The van der Waals surface area contributed by atoms with Crippen LogP contribution in [0.1, 0.15) is 0 Å². The fourth-order valence-electron chi connectivity index (χ4n) is 0.408. The molecule has 0 radical (unpaired) electrons. The molecule has 0 aliphatic rings. The summed E-state index contributed by atoms with van der Waals surface area (Å²) in [6.07, 6.45) is 1.49. The minimum atomic E-state index is -0.441. The van der Waals surface area contributed by atoms with E-state index in [2.05, 4.69) is 9.36 Å². The third-order valence-corrected chi connectivity index (χ3v) is 3.16. The van der Waals surface area contributed by atoms with E-state index < -0.39 is 5.38 Å². The third-order valence-electron chi connectivity index (χ3n) is 0.834. The van der Waals surface area contributed by atoms with Crippen LogP contribution in [0.2, 0.25) is 0 Å². The lowest BCUT2D eigenvalue weighted by molar-refractivity contribution is 1.19. The van der Waals surface area contributed by atoms with Gasteiger partial charge in [-0.05, 0) is 11.5 Å². The van der Waals surface area contributed by atoms with E-state index in [1.54, 1.807) is 0 Å². The molecule has 1 atom stereocenters. The van der Waals surface area contributed by atoms with E-state index in [4.69, 9.17) is 16.9 Å². The lowest BCUT2D eigenvalue weighted by Crippen LogP contribution is -1.96. The minimum absolute atomic E-state index is 0.441. The van der Waals surface area contributed by atoms with Gasteiger partial charge in [-0.1, -0.05) is 11.8 Å². The second kappa shape index (κ2) is 4.54. The number of thioether (sulfide) groups is 1. The van der Waals surface area contributed by atoms with Crippen LogP contribution in [-0.4, -0.2) is 20.5 Å². The molecule has 0 saturated heterocycles. The van der Waals surface area contributed by atoms with Gasteiger partial charge in [0.15, 0.2) is 4.34 Å². The Hall–Kier alpha value is -0.310. The van der Waals surface area contributed by atoms with Crippen molar-refractivity contribution in [2.75, 3.05) is 5.75 Å². The van der Waals surface area contributed by atoms with Crippen LogP contribution in [-0.2, 0) is 0 Å². The van der Waals surface area contributed by atoms with Crippen molar-refractivity contribution >= 4 is 34.9 Å². The van der Waals surface area contributed by atoms with Gasteiger partial charge >= 0.3 is 0 Å². The Bertz CT molecular complexity index is 243. The van der Waals surface area contributed by atoms with E-state index >= 15 is 0 Å². The van der Waals surface area contributed by atoms with E-state index in [9.17, 15) is 0 Å². The van der Waals surface area contributed by atoms with Crippen LogP contribution in [0.3, 0.4) is 0 Å². The third kappa shape index (κ3) is 3.06. The number of hydrogen-bond donors (Lipinski definition) is 0. The van der Waals surface area contributed by atoms with E-state index in [1.807, 2.05) is 6.07 Å². The molecule has 6 heteroatoms. The average Bonchev–Trinajstić information content (AvgIpc) is 2.52. The summed E-state index contributed by atoms with van der Waals surface area (Å²) in [4.78, 5) is 3.92. The van der Waals surface area contributed by atoms with Crippen molar-refractivity contribution in [3.05, 3.63) is 6.33 Å². The largest absolute Gasteiger partial charge is 0.216 e. The van der Waals surface area contributed by atoms with Crippen molar-refractivity contribution in [3.63, 3.8) is 0 Å². The Balaban J connectivity index is 2.30. The molecule has 58 valence electrons. The number of nitrogens with zero attached hydrogens (tertiary/aromatic N) is 3. The van der Waals surface area contributed by atoms with Gasteiger partial charge in [0.25, 0.3) is 0 Å². The molecule has 0 saturated carbocycles. The van der Waals surface area contributed by atoms with Crippen LogP contribution in [0.4, 0.5) is 0 Å². The molecule has 1 aromatic rings. The average molecular weight is 206 g/mol. The minimum Gasteiger partial charge on any atom is -0.216 e. The van der Waals surface area contributed by atoms with Crippen LogP contribution in [0, 0.1) is 11.3 Å². The fourth-order valence-corrected chi connectivity index (χ4v) is 1.91. The fraction of sp³-hybridized carbons (Fsp3) is 0.400. The first-order valence-corrected chi connectivity index (χ1v) is 4.95. The summed E-state index contributed by atoms with van der Waals surface area (Å²) in [5.74, 6) is 0.563. The first-order chi connectivity index (χ1) is 5.33. The number of hydrogen-bond acceptors (Lipinski definition) is 5. The highest BCUT2D eigenvalue weighted by Gasteiger charge is 2.04. The lowest BCUT2D eigenvalue weighted by atomic mass is 10.5. The SMILES string of the molecule is N#CC(Cl)CSc1ncns1. The highest BCUT2D eigenvalue weighted by molar-refractivity contribution is 8.01. The zero-order valence-corrected chi connectivity index (χ0v) is 7.79. The molecule has 1 rings (SSSR count). The van der Waals surface area contributed by atoms with Crippen molar-refractivity contribution in [2.24, 2.45) is 0 Å². The molecule has 0 N–H and O–H groups in total. The van der Waals surface area contributed by atoms with Gasteiger partial charge in [-0.15, -0.1) is 11.6 Å². The van der Waals surface area contributed by atoms with Crippen molar-refractivity contribution < 1.29 is 0 Å². The Morgan fingerprint density at radius 2 is 2.73 bits per heavy atom. The standard InChI is InChI=1S/C5H4ClN3S2/c6-4(1-7)2-10-5-8-3-9-11-5/h3-4H,2H2. The second-order valence-corrected chi connectivity index (χ2v) is 4.19. The van der Waals surface area contributed by atoms with E-state index in [0.29, 0.717) is 5.75 Å². The molecule has 0 amide bonds. The van der Waals surface area contributed by atoms with Crippen LogP contribution in [0.15, 0.2) is 10.7 Å². The zero-order chi connectivity index (χ0) is 8.10. The van der Waals surface area contributed by atoms with Gasteiger partial charge < -0.3 is 0 Å². The van der Waals surface area contributed by atoms with E-state index in [-0.39, 0.29) is 0 Å². The predicted octanol–water partition coefficient (Wildman–Crippen LogP) is 1.76. The molecule has 1 unspecified atom stereocenters. The molecule has 0 bridgehead atoms. The maximum absolute atomic E-state index is 8.34. The van der Waals surface area contributed by atoms with Gasteiger partial charge in [-0.2, -0.15) is 9.64 Å². The number of halogens is 1. The molecular weight excluding hydrogens is 202 g/mol. The van der Waals surface area contributed by atoms with Crippen molar-refractivity contribution in [3.8, 4) is 6.07 Å². The number of nitriles is 1. The van der Waals surface area contributed by atoms with Crippen LogP contribution in [0.5, 0.6) is 0 Å². The van der Waals surface area contributed by atoms with Gasteiger partial charge in [0, 0.05) is 5.75 Å². The molecule has 3 nitrogen and oxygen atoms in total. The van der Waals surface area contributed by atoms with Crippen molar-refractivity contribution in [1.82, 2.24) is 9.36 Å². The van der Waals surface area contributed by atoms with Gasteiger partial charge in [-0.3, -0.25) is 0 Å². The smallest absolute Gasteiger partial charge is 0.169 e. The first-order valence-electron chi connectivity index (χ1n) is 2.76. The predicted molar refractivity (Wildman–Crippen MR) is 45.9 cm³/mol. The molecular formula is C5H4ClN3S2. The number of rotatable bonds is 3. The van der Waals surface area contributed by atoms with Crippen molar-refractivity contribution in [2.45, 2.75) is 9.72 Å². The summed E-state index contributed by atoms with van der Waals surface area (Å²) in [5.41, 5.74) is 0. The maximum Gasteiger partial charge on any atom is 0.169 e. The summed E-state index contributed by atoms with van der Waals surface area (Å²) < 4.78 is 4.66. The molecule has 0 aromatic carbocycles. The van der Waals surface area contributed by atoms with Crippen LogP contribution >= 0.6 is 34.9 Å². The van der Waals surface area contributed by atoms with Crippen LogP contribution < -0.4 is 0 Å². The Kier molecular flexibility index (Phi) is 3.63. The monoisotopic (exact) mass is 205 g/mol. The molecule has 0 spiro atoms. The summed E-state index contributed by atoms with van der Waals surface area (Å²) in [7, 11) is 0. The molecule has 0 aliphatic carbocycles. The van der Waals surface area contributed by atoms with Crippen LogP contribution in [0.25, 0.3) is 0 Å². The van der Waals surface area contributed by atoms with Gasteiger partial charge in [-0.25, -0.2) is 4.98 Å². The Morgan fingerprint density at radius 3 is 3.27 bits per heavy atom. The Morgan fingerprint density at radius 1 is 1.91 bits per heavy atom. The summed E-state index contributed by atoms with van der Waals surface area (Å²) in [6.45, 7) is 0.